The molecule has 1 amide bonds. The SMILES string of the molecule is CC(C)(O[C]=O)C(=O)Nc1ccc(F)cc1C(F)(F)F. The summed E-state index contributed by atoms with van der Waals surface area (Å²) in [6.07, 6.45) is -4.84. The van der Waals surface area contributed by atoms with E-state index in [1.165, 1.54) is 13.8 Å². The molecule has 0 saturated carbocycles. The van der Waals surface area contributed by atoms with Crippen LogP contribution in [-0.2, 0) is 20.5 Å². The van der Waals surface area contributed by atoms with Crippen LogP contribution < -0.4 is 5.32 Å². The van der Waals surface area contributed by atoms with Crippen LogP contribution in [0.3, 0.4) is 0 Å². The Bertz CT molecular complexity index is 526. The number of halogens is 4. The van der Waals surface area contributed by atoms with E-state index in [1.807, 2.05) is 5.32 Å². The van der Waals surface area contributed by atoms with Crippen molar-refractivity contribution in [3.8, 4) is 0 Å². The van der Waals surface area contributed by atoms with E-state index in [9.17, 15) is 27.2 Å². The zero-order valence-corrected chi connectivity index (χ0v) is 10.5. The van der Waals surface area contributed by atoms with E-state index >= 15 is 0 Å². The van der Waals surface area contributed by atoms with Gasteiger partial charge in [0.1, 0.15) is 5.82 Å². The van der Waals surface area contributed by atoms with Crippen molar-refractivity contribution in [3.63, 3.8) is 0 Å². The van der Waals surface area contributed by atoms with E-state index in [4.69, 9.17) is 0 Å². The molecule has 0 saturated heterocycles. The van der Waals surface area contributed by atoms with Crippen molar-refractivity contribution in [3.05, 3.63) is 29.6 Å². The second kappa shape index (κ2) is 5.48. The molecule has 1 aromatic rings. The van der Waals surface area contributed by atoms with Crippen LogP contribution in [0.2, 0.25) is 0 Å². The van der Waals surface area contributed by atoms with Gasteiger partial charge in [-0.25, -0.2) is 9.18 Å². The van der Waals surface area contributed by atoms with Crippen molar-refractivity contribution < 1.29 is 31.9 Å². The highest BCUT2D eigenvalue weighted by molar-refractivity contribution is 5.97. The summed E-state index contributed by atoms with van der Waals surface area (Å²) in [6, 6.07) is 1.80. The first-order valence-corrected chi connectivity index (χ1v) is 5.31. The maximum atomic E-state index is 12.9. The molecule has 1 radical (unpaired) electrons. The Hall–Kier alpha value is -2.12. The minimum atomic E-state index is -4.84. The molecule has 0 spiro atoms. The molecule has 0 aromatic heterocycles. The third kappa shape index (κ3) is 3.69. The number of hydrogen-bond donors (Lipinski definition) is 1. The number of carbonyl (C=O) groups excluding carboxylic acids is 2. The first kappa shape index (κ1) is 15.9. The van der Waals surface area contributed by atoms with Gasteiger partial charge in [-0.2, -0.15) is 13.2 Å². The lowest BCUT2D eigenvalue weighted by atomic mass is 10.1. The number of hydrogen-bond acceptors (Lipinski definition) is 3. The van der Waals surface area contributed by atoms with Crippen LogP contribution in [0.5, 0.6) is 0 Å². The highest BCUT2D eigenvalue weighted by atomic mass is 19.4. The molecule has 1 N–H and O–H groups in total. The normalized spacial score (nSPS) is 11.9. The van der Waals surface area contributed by atoms with Gasteiger partial charge < -0.3 is 10.1 Å². The summed E-state index contributed by atoms with van der Waals surface area (Å²) < 4.78 is 55.4. The lowest BCUT2D eigenvalue weighted by Crippen LogP contribution is -2.40. The number of nitrogens with one attached hydrogen (secondary N) is 1. The second-order valence-corrected chi connectivity index (χ2v) is 4.34. The molecule has 0 aliphatic heterocycles. The average Bonchev–Trinajstić information content (AvgIpc) is 2.30. The van der Waals surface area contributed by atoms with E-state index in [-0.39, 0.29) is 6.07 Å². The molecule has 0 atom stereocenters. The Labute approximate surface area is 111 Å². The lowest BCUT2D eigenvalue weighted by Gasteiger charge is -2.22. The summed E-state index contributed by atoms with van der Waals surface area (Å²) in [5.74, 6) is -2.09. The van der Waals surface area contributed by atoms with E-state index < -0.39 is 34.8 Å². The molecule has 0 aliphatic carbocycles. The first-order valence-electron chi connectivity index (χ1n) is 5.31. The monoisotopic (exact) mass is 292 g/mol. The maximum absolute atomic E-state index is 12.9. The quantitative estimate of drug-likeness (QED) is 0.868. The molecular formula is C12H10F4NO3. The topological polar surface area (TPSA) is 55.4 Å². The number of amides is 1. The van der Waals surface area contributed by atoms with Crippen LogP contribution >= 0.6 is 0 Å². The van der Waals surface area contributed by atoms with Gasteiger partial charge in [0.2, 0.25) is 0 Å². The van der Waals surface area contributed by atoms with Crippen LogP contribution in [0.1, 0.15) is 19.4 Å². The number of rotatable bonds is 4. The summed E-state index contributed by atoms with van der Waals surface area (Å²) in [6.45, 7) is 3.38. The fourth-order valence-corrected chi connectivity index (χ4v) is 1.28. The minimum absolute atomic E-state index is 0.259. The standard InChI is InChI=1S/C12H10F4NO3/c1-11(2,20-6-18)10(19)17-9-4-3-7(13)5-8(9)12(14,15)16/h3-5H,1-2H3,(H,17,19). The number of carbonyl (C=O) groups is 1. The van der Waals surface area contributed by atoms with E-state index in [1.54, 1.807) is 0 Å². The molecule has 0 heterocycles. The second-order valence-electron chi connectivity index (χ2n) is 4.34. The largest absolute Gasteiger partial charge is 0.441 e. The van der Waals surface area contributed by atoms with E-state index in [0.717, 1.165) is 18.6 Å². The van der Waals surface area contributed by atoms with Gasteiger partial charge in [-0.15, -0.1) is 0 Å². The molecule has 4 nitrogen and oxygen atoms in total. The molecule has 109 valence electrons. The molecule has 8 heteroatoms. The van der Waals surface area contributed by atoms with Crippen LogP contribution in [0.4, 0.5) is 23.2 Å². The summed E-state index contributed by atoms with van der Waals surface area (Å²) in [4.78, 5) is 21.8. The Morgan fingerprint density at radius 1 is 1.30 bits per heavy atom. The summed E-state index contributed by atoms with van der Waals surface area (Å²) in [5.41, 5.74) is -3.68. The average molecular weight is 292 g/mol. The van der Waals surface area contributed by atoms with Crippen molar-refractivity contribution in [2.45, 2.75) is 25.6 Å². The predicted molar refractivity (Wildman–Crippen MR) is 60.9 cm³/mol. The maximum Gasteiger partial charge on any atom is 0.418 e. The van der Waals surface area contributed by atoms with Crippen LogP contribution in [0.15, 0.2) is 18.2 Å². The van der Waals surface area contributed by atoms with Crippen LogP contribution in [0.25, 0.3) is 0 Å². The summed E-state index contributed by atoms with van der Waals surface area (Å²) >= 11 is 0. The molecular weight excluding hydrogens is 282 g/mol. The van der Waals surface area contributed by atoms with Crippen LogP contribution in [-0.4, -0.2) is 18.0 Å². The lowest BCUT2D eigenvalue weighted by molar-refractivity contribution is -0.137. The predicted octanol–water partition coefficient (Wildman–Crippen LogP) is 2.65. The summed E-state index contributed by atoms with van der Waals surface area (Å²) in [7, 11) is 0. The van der Waals surface area contributed by atoms with Gasteiger partial charge in [-0.1, -0.05) is 0 Å². The highest BCUT2D eigenvalue weighted by Crippen LogP contribution is 2.35. The third-order valence-electron chi connectivity index (χ3n) is 2.38. The van der Waals surface area contributed by atoms with Gasteiger partial charge in [-0.3, -0.25) is 4.79 Å². The van der Waals surface area contributed by atoms with Gasteiger partial charge >= 0.3 is 12.6 Å². The third-order valence-corrected chi connectivity index (χ3v) is 2.38. The molecule has 0 bridgehead atoms. The van der Waals surface area contributed by atoms with Gasteiger partial charge in [0.25, 0.3) is 5.91 Å². The molecule has 1 aromatic carbocycles. The fourth-order valence-electron chi connectivity index (χ4n) is 1.28. The minimum Gasteiger partial charge on any atom is -0.441 e. The molecule has 1 rings (SSSR count). The van der Waals surface area contributed by atoms with Gasteiger partial charge in [0, 0.05) is 0 Å². The van der Waals surface area contributed by atoms with E-state index in [0.29, 0.717) is 0 Å². The molecule has 20 heavy (non-hydrogen) atoms. The van der Waals surface area contributed by atoms with Crippen molar-refractivity contribution in [2.75, 3.05) is 5.32 Å². The number of benzene rings is 1. The highest BCUT2D eigenvalue weighted by Gasteiger charge is 2.36. The number of ether oxygens (including phenoxy) is 1. The van der Waals surface area contributed by atoms with Crippen LogP contribution in [0, 0.1) is 5.82 Å². The molecule has 0 aliphatic rings. The Balaban J connectivity index is 3.10. The van der Waals surface area contributed by atoms with Crippen molar-refractivity contribution in [1.29, 1.82) is 0 Å². The van der Waals surface area contributed by atoms with Crippen molar-refractivity contribution in [1.82, 2.24) is 0 Å². The zero-order chi connectivity index (χ0) is 15.6. The van der Waals surface area contributed by atoms with Gasteiger partial charge in [-0.05, 0) is 32.0 Å². The van der Waals surface area contributed by atoms with Crippen molar-refractivity contribution in [2.24, 2.45) is 0 Å². The smallest absolute Gasteiger partial charge is 0.418 e. The molecule has 0 unspecified atom stereocenters. The molecule has 0 fully saturated rings. The van der Waals surface area contributed by atoms with Gasteiger partial charge in [0.05, 0.1) is 11.3 Å². The first-order chi connectivity index (χ1) is 9.08. The van der Waals surface area contributed by atoms with E-state index in [2.05, 4.69) is 4.74 Å². The van der Waals surface area contributed by atoms with Gasteiger partial charge in [0.15, 0.2) is 5.60 Å². The Morgan fingerprint density at radius 2 is 1.90 bits per heavy atom. The summed E-state index contributed by atoms with van der Waals surface area (Å²) in [5, 5.41) is 1.94. The zero-order valence-electron chi connectivity index (χ0n) is 10.5. The number of alkyl halides is 3. The Kier molecular flexibility index (Phi) is 4.36. The van der Waals surface area contributed by atoms with Crippen molar-refractivity contribution >= 4 is 18.1 Å². The number of anilines is 1. The Morgan fingerprint density at radius 3 is 2.40 bits per heavy atom. The fraction of sp³-hybridized carbons (Fsp3) is 0.333.